The number of likely N-dealkylation sites (tertiary alicyclic amines) is 2. The van der Waals surface area contributed by atoms with Crippen LogP contribution in [0.4, 0.5) is 0 Å². The van der Waals surface area contributed by atoms with Crippen molar-refractivity contribution in [3.63, 3.8) is 0 Å². The molecule has 0 unspecified atom stereocenters. The lowest BCUT2D eigenvalue weighted by Gasteiger charge is -2.19. The quantitative estimate of drug-likeness (QED) is 0.787. The number of fused-ring (bicyclic) bond motifs is 1. The lowest BCUT2D eigenvalue weighted by molar-refractivity contribution is -0.141. The third-order valence-corrected chi connectivity index (χ3v) is 5.50. The molecule has 2 aromatic rings. The van der Waals surface area contributed by atoms with Crippen LogP contribution >= 0.6 is 11.3 Å². The summed E-state index contributed by atoms with van der Waals surface area (Å²) >= 11 is 1.56. The Morgan fingerprint density at radius 2 is 1.71 bits per heavy atom. The Morgan fingerprint density at radius 3 is 2.29 bits per heavy atom. The highest BCUT2D eigenvalue weighted by Crippen LogP contribution is 2.35. The van der Waals surface area contributed by atoms with Gasteiger partial charge >= 0.3 is 0 Å². The summed E-state index contributed by atoms with van der Waals surface area (Å²) in [5.41, 5.74) is 0.986. The van der Waals surface area contributed by atoms with Crippen molar-refractivity contribution in [1.29, 1.82) is 0 Å². The van der Waals surface area contributed by atoms with E-state index in [4.69, 9.17) is 0 Å². The minimum Gasteiger partial charge on any atom is -0.295 e. The van der Waals surface area contributed by atoms with Crippen LogP contribution in [0, 0.1) is 18.8 Å². The Labute approximate surface area is 144 Å². The molecule has 2 fully saturated rings. The number of carbonyl (C=O) groups is 2. The lowest BCUT2D eigenvalue weighted by atomic mass is 10.00. The van der Waals surface area contributed by atoms with E-state index >= 15 is 0 Å². The molecule has 0 saturated carbocycles. The van der Waals surface area contributed by atoms with Crippen LogP contribution in [0.3, 0.4) is 0 Å². The molecule has 2 amide bonds. The third kappa shape index (κ3) is 2.74. The van der Waals surface area contributed by atoms with Crippen LogP contribution in [0.2, 0.25) is 0 Å². The van der Waals surface area contributed by atoms with Gasteiger partial charge in [0.2, 0.25) is 11.8 Å². The maximum absolute atomic E-state index is 12.7. The minimum absolute atomic E-state index is 0.0372. The minimum atomic E-state index is -0.213. The van der Waals surface area contributed by atoms with E-state index in [1.54, 1.807) is 11.3 Å². The van der Waals surface area contributed by atoms with Gasteiger partial charge in [0.15, 0.2) is 0 Å². The predicted molar refractivity (Wildman–Crippen MR) is 88.9 cm³/mol. The highest BCUT2D eigenvalue weighted by Gasteiger charge is 2.52. The summed E-state index contributed by atoms with van der Waals surface area (Å²) in [4.78, 5) is 28.9. The van der Waals surface area contributed by atoms with Gasteiger partial charge in [0, 0.05) is 13.1 Å². The smallest absolute Gasteiger partial charge is 0.234 e. The van der Waals surface area contributed by atoms with Crippen LogP contribution in [-0.4, -0.2) is 44.9 Å². The second-order valence-electron chi connectivity index (χ2n) is 6.37. The van der Waals surface area contributed by atoms with Crippen LogP contribution in [0.15, 0.2) is 30.3 Å². The van der Waals surface area contributed by atoms with Crippen LogP contribution < -0.4 is 0 Å². The fourth-order valence-electron chi connectivity index (χ4n) is 3.54. The number of carbonyl (C=O) groups excluding carboxylic acids is 2. The van der Waals surface area contributed by atoms with Crippen LogP contribution in [0.1, 0.15) is 15.6 Å². The predicted octanol–water partition coefficient (Wildman–Crippen LogP) is 1.46. The first-order valence-corrected chi connectivity index (χ1v) is 8.84. The molecule has 0 radical (unpaired) electrons. The summed E-state index contributed by atoms with van der Waals surface area (Å²) in [7, 11) is 0. The number of nitrogens with zero attached hydrogens (tertiary/aromatic N) is 4. The van der Waals surface area contributed by atoms with E-state index in [-0.39, 0.29) is 23.7 Å². The van der Waals surface area contributed by atoms with Gasteiger partial charge in [0.05, 0.1) is 24.9 Å². The topological polar surface area (TPSA) is 66.4 Å². The highest BCUT2D eigenvalue weighted by molar-refractivity contribution is 7.11. The standard InChI is InChI=1S/C17H18N4O2S/c1-11-18-19-15(24-11)10-20-8-13-14(9-20)17(23)21(16(13)22)7-12-5-3-2-4-6-12/h2-6,13-14H,7-10H2,1H3/t13-,14+. The average Bonchev–Trinajstić information content (AvgIpc) is 3.23. The normalized spacial score (nSPS) is 24.0. The fraction of sp³-hybridized carbons (Fsp3) is 0.412. The molecule has 4 rings (SSSR count). The van der Waals surface area contributed by atoms with Crippen molar-refractivity contribution in [2.75, 3.05) is 13.1 Å². The van der Waals surface area contributed by atoms with E-state index in [9.17, 15) is 9.59 Å². The SMILES string of the molecule is Cc1nnc(CN2C[C@@H]3C(=O)N(Cc4ccccc4)C(=O)[C@@H]3C2)s1. The van der Waals surface area contributed by atoms with Crippen molar-refractivity contribution in [2.24, 2.45) is 11.8 Å². The first kappa shape index (κ1) is 15.4. The van der Waals surface area contributed by atoms with Gasteiger partial charge in [-0.2, -0.15) is 0 Å². The molecule has 24 heavy (non-hydrogen) atoms. The lowest BCUT2D eigenvalue weighted by Crippen LogP contribution is -2.35. The van der Waals surface area contributed by atoms with Crippen molar-refractivity contribution in [1.82, 2.24) is 20.0 Å². The molecule has 1 aromatic carbocycles. The summed E-state index contributed by atoms with van der Waals surface area (Å²) in [6.07, 6.45) is 0. The molecule has 2 saturated heterocycles. The van der Waals surface area contributed by atoms with Crippen LogP contribution in [0.25, 0.3) is 0 Å². The Bertz CT molecular complexity index is 752. The molecule has 2 atom stereocenters. The zero-order valence-electron chi connectivity index (χ0n) is 13.4. The maximum Gasteiger partial charge on any atom is 0.234 e. The molecule has 2 aliphatic rings. The molecule has 7 heteroatoms. The summed E-state index contributed by atoms with van der Waals surface area (Å²) in [5.74, 6) is -0.500. The number of aryl methyl sites for hydroxylation is 1. The molecule has 1 aromatic heterocycles. The highest BCUT2D eigenvalue weighted by atomic mass is 32.1. The van der Waals surface area contributed by atoms with Gasteiger partial charge in [-0.1, -0.05) is 30.3 Å². The average molecular weight is 342 g/mol. The van der Waals surface area contributed by atoms with E-state index in [0.29, 0.717) is 26.2 Å². The summed E-state index contributed by atoms with van der Waals surface area (Å²) in [6, 6.07) is 9.66. The van der Waals surface area contributed by atoms with Gasteiger partial charge in [-0.25, -0.2) is 0 Å². The summed E-state index contributed by atoms with van der Waals surface area (Å²) in [6.45, 7) is 4.21. The molecular weight excluding hydrogens is 324 g/mol. The third-order valence-electron chi connectivity index (χ3n) is 4.67. The Morgan fingerprint density at radius 1 is 1.04 bits per heavy atom. The number of amides is 2. The molecule has 6 nitrogen and oxygen atoms in total. The van der Waals surface area contributed by atoms with Crippen LogP contribution in [0.5, 0.6) is 0 Å². The number of aromatic nitrogens is 2. The molecule has 0 N–H and O–H groups in total. The first-order valence-electron chi connectivity index (χ1n) is 8.02. The molecule has 0 bridgehead atoms. The van der Waals surface area contributed by atoms with Crippen molar-refractivity contribution in [3.05, 3.63) is 45.9 Å². The zero-order chi connectivity index (χ0) is 16.7. The fourth-order valence-corrected chi connectivity index (χ4v) is 4.29. The van der Waals surface area contributed by atoms with E-state index in [1.807, 2.05) is 37.3 Å². The van der Waals surface area contributed by atoms with Gasteiger partial charge in [0.25, 0.3) is 0 Å². The Kier molecular flexibility index (Phi) is 3.90. The second-order valence-corrected chi connectivity index (χ2v) is 7.64. The van der Waals surface area contributed by atoms with E-state index < -0.39 is 0 Å². The number of hydrogen-bond acceptors (Lipinski definition) is 6. The Hall–Kier alpha value is -2.12. The molecular formula is C17H18N4O2S. The number of hydrogen-bond donors (Lipinski definition) is 0. The largest absolute Gasteiger partial charge is 0.295 e. The van der Waals surface area contributed by atoms with Crippen molar-refractivity contribution >= 4 is 23.2 Å². The van der Waals surface area contributed by atoms with Gasteiger partial charge in [-0.15, -0.1) is 21.5 Å². The van der Waals surface area contributed by atoms with Crippen molar-refractivity contribution in [3.8, 4) is 0 Å². The molecule has 124 valence electrons. The summed E-state index contributed by atoms with van der Waals surface area (Å²) in [5, 5.41) is 10.0. The number of imide groups is 1. The van der Waals surface area contributed by atoms with Crippen LogP contribution in [-0.2, 0) is 22.7 Å². The van der Waals surface area contributed by atoms with Gasteiger partial charge in [-0.3, -0.25) is 19.4 Å². The number of benzene rings is 1. The molecule has 0 spiro atoms. The molecule has 3 heterocycles. The number of rotatable bonds is 4. The zero-order valence-corrected chi connectivity index (χ0v) is 14.2. The van der Waals surface area contributed by atoms with Crippen molar-refractivity contribution < 1.29 is 9.59 Å². The molecule has 0 aliphatic carbocycles. The van der Waals surface area contributed by atoms with E-state index in [1.165, 1.54) is 4.90 Å². The summed E-state index contributed by atoms with van der Waals surface area (Å²) < 4.78 is 0. The maximum atomic E-state index is 12.7. The van der Waals surface area contributed by atoms with E-state index in [2.05, 4.69) is 15.1 Å². The van der Waals surface area contributed by atoms with Gasteiger partial charge in [0.1, 0.15) is 10.0 Å². The first-order chi connectivity index (χ1) is 11.6. The van der Waals surface area contributed by atoms with Gasteiger partial charge in [-0.05, 0) is 12.5 Å². The van der Waals surface area contributed by atoms with E-state index in [0.717, 1.165) is 15.6 Å². The van der Waals surface area contributed by atoms with Gasteiger partial charge < -0.3 is 0 Å². The monoisotopic (exact) mass is 342 g/mol. The van der Waals surface area contributed by atoms with Crippen molar-refractivity contribution in [2.45, 2.75) is 20.0 Å². The molecule has 2 aliphatic heterocycles. The Balaban J connectivity index is 1.44. The second kappa shape index (κ2) is 6.07.